The third-order valence-corrected chi connectivity index (χ3v) is 3.50. The molecule has 3 heteroatoms. The lowest BCUT2D eigenvalue weighted by Crippen LogP contribution is -2.03. The third kappa shape index (κ3) is 3.40. The van der Waals surface area contributed by atoms with Gasteiger partial charge in [-0.25, -0.2) is 4.99 Å². The summed E-state index contributed by atoms with van der Waals surface area (Å²) in [4.78, 5) is 4.73. The first-order valence-corrected chi connectivity index (χ1v) is 7.34. The van der Waals surface area contributed by atoms with Gasteiger partial charge in [0.15, 0.2) is 0 Å². The van der Waals surface area contributed by atoms with E-state index >= 15 is 0 Å². The summed E-state index contributed by atoms with van der Waals surface area (Å²) in [6, 6.07) is 24.8. The smallest absolute Gasteiger partial charge is 0.128 e. The predicted molar refractivity (Wildman–Crippen MR) is 92.8 cm³/mol. The Bertz CT molecular complexity index is 812. The van der Waals surface area contributed by atoms with Crippen LogP contribution in [0.4, 0.5) is 5.69 Å². The van der Waals surface area contributed by atoms with E-state index < -0.39 is 0 Å². The highest BCUT2D eigenvalue weighted by atomic mass is 16.5. The van der Waals surface area contributed by atoms with Crippen molar-refractivity contribution in [3.05, 3.63) is 90.0 Å². The summed E-state index contributed by atoms with van der Waals surface area (Å²) in [5, 5.41) is 10.4. The predicted octanol–water partition coefficient (Wildman–Crippen LogP) is 4.57. The van der Waals surface area contributed by atoms with Gasteiger partial charge in [0.1, 0.15) is 11.5 Å². The Morgan fingerprint density at radius 2 is 1.52 bits per heavy atom. The van der Waals surface area contributed by atoms with Gasteiger partial charge < -0.3 is 9.84 Å². The van der Waals surface area contributed by atoms with Gasteiger partial charge in [0.05, 0.1) is 18.5 Å². The van der Waals surface area contributed by atoms with Crippen molar-refractivity contribution in [2.75, 3.05) is 7.11 Å². The molecule has 3 nitrogen and oxygen atoms in total. The molecule has 0 spiro atoms. The molecule has 114 valence electrons. The summed E-state index contributed by atoms with van der Waals surface area (Å²) in [5.41, 5.74) is 3.16. The van der Waals surface area contributed by atoms with E-state index in [-0.39, 0.29) is 5.75 Å². The van der Waals surface area contributed by atoms with Crippen molar-refractivity contribution in [2.45, 2.75) is 0 Å². The van der Waals surface area contributed by atoms with Gasteiger partial charge in [-0.3, -0.25) is 0 Å². The fourth-order valence-electron chi connectivity index (χ4n) is 2.35. The van der Waals surface area contributed by atoms with Gasteiger partial charge in [-0.05, 0) is 24.3 Å². The van der Waals surface area contributed by atoms with Gasteiger partial charge in [0.2, 0.25) is 0 Å². The van der Waals surface area contributed by atoms with Crippen LogP contribution in [0.25, 0.3) is 0 Å². The molecule has 23 heavy (non-hydrogen) atoms. The summed E-state index contributed by atoms with van der Waals surface area (Å²) >= 11 is 0. The van der Waals surface area contributed by atoms with Gasteiger partial charge in [-0.1, -0.05) is 48.5 Å². The molecule has 0 bridgehead atoms. The number of para-hydroxylation sites is 1. The van der Waals surface area contributed by atoms with Gasteiger partial charge in [0.25, 0.3) is 0 Å². The van der Waals surface area contributed by atoms with Crippen LogP contribution >= 0.6 is 0 Å². The molecule has 0 heterocycles. The first-order chi connectivity index (χ1) is 11.3. The number of aliphatic imine (C=N–C) groups is 1. The van der Waals surface area contributed by atoms with E-state index in [1.165, 1.54) is 0 Å². The zero-order valence-corrected chi connectivity index (χ0v) is 12.8. The van der Waals surface area contributed by atoms with E-state index in [1.54, 1.807) is 13.2 Å². The Labute approximate surface area is 135 Å². The Balaban J connectivity index is 2.15. The van der Waals surface area contributed by atoms with E-state index in [4.69, 9.17) is 9.73 Å². The van der Waals surface area contributed by atoms with Crippen LogP contribution in [0.3, 0.4) is 0 Å². The molecule has 3 aromatic carbocycles. The highest BCUT2D eigenvalue weighted by Gasteiger charge is 2.12. The Kier molecular flexibility index (Phi) is 4.39. The maximum Gasteiger partial charge on any atom is 0.128 e. The third-order valence-electron chi connectivity index (χ3n) is 3.50. The minimum atomic E-state index is 0.142. The fourth-order valence-corrected chi connectivity index (χ4v) is 2.35. The van der Waals surface area contributed by atoms with E-state index in [2.05, 4.69) is 0 Å². The second-order valence-electron chi connectivity index (χ2n) is 5.05. The molecule has 0 radical (unpaired) electrons. The zero-order valence-electron chi connectivity index (χ0n) is 12.8. The van der Waals surface area contributed by atoms with Gasteiger partial charge in [-0.2, -0.15) is 0 Å². The minimum absolute atomic E-state index is 0.142. The lowest BCUT2D eigenvalue weighted by Gasteiger charge is -2.11. The molecule has 0 aliphatic rings. The zero-order chi connectivity index (χ0) is 16.1. The Morgan fingerprint density at radius 1 is 0.870 bits per heavy atom. The van der Waals surface area contributed by atoms with E-state index in [0.717, 1.165) is 17.0 Å². The largest absolute Gasteiger partial charge is 0.507 e. The Morgan fingerprint density at radius 3 is 2.13 bits per heavy atom. The summed E-state index contributed by atoms with van der Waals surface area (Å²) in [5.74, 6) is 0.751. The molecule has 0 fully saturated rings. The molecule has 0 aromatic heterocycles. The second-order valence-corrected chi connectivity index (χ2v) is 5.05. The molecular formula is C20H17NO2. The summed E-state index contributed by atoms with van der Waals surface area (Å²) < 4.78 is 5.15. The van der Waals surface area contributed by atoms with Crippen LogP contribution in [0.15, 0.2) is 83.9 Å². The monoisotopic (exact) mass is 303 g/mol. The summed E-state index contributed by atoms with van der Waals surface area (Å²) in [6.45, 7) is 0. The number of ether oxygens (including phenoxy) is 1. The van der Waals surface area contributed by atoms with Crippen molar-refractivity contribution in [1.29, 1.82) is 0 Å². The normalized spacial score (nSPS) is 11.3. The van der Waals surface area contributed by atoms with E-state index in [1.807, 2.05) is 72.8 Å². The van der Waals surface area contributed by atoms with Crippen molar-refractivity contribution in [2.24, 2.45) is 4.99 Å². The number of benzene rings is 3. The van der Waals surface area contributed by atoms with Gasteiger partial charge in [-0.15, -0.1) is 0 Å². The molecular weight excluding hydrogens is 286 g/mol. The topological polar surface area (TPSA) is 41.8 Å². The van der Waals surface area contributed by atoms with Crippen molar-refractivity contribution >= 4 is 11.4 Å². The number of phenolic OH excluding ortho intramolecular Hbond substituents is 1. The van der Waals surface area contributed by atoms with Crippen molar-refractivity contribution in [1.82, 2.24) is 0 Å². The highest BCUT2D eigenvalue weighted by Crippen LogP contribution is 2.27. The maximum atomic E-state index is 10.4. The van der Waals surface area contributed by atoms with Crippen molar-refractivity contribution < 1.29 is 9.84 Å². The van der Waals surface area contributed by atoms with Crippen LogP contribution in [0.5, 0.6) is 11.5 Å². The fraction of sp³-hybridized carbons (Fsp3) is 0.0500. The molecule has 3 rings (SSSR count). The number of nitrogens with zero attached hydrogens (tertiary/aromatic N) is 1. The van der Waals surface area contributed by atoms with Gasteiger partial charge >= 0.3 is 0 Å². The molecule has 0 aliphatic carbocycles. The second kappa shape index (κ2) is 6.79. The maximum absolute atomic E-state index is 10.4. The lowest BCUT2D eigenvalue weighted by molar-refractivity contribution is 0.407. The number of methoxy groups -OCH3 is 1. The number of hydrogen-bond donors (Lipinski definition) is 1. The first kappa shape index (κ1) is 14.9. The van der Waals surface area contributed by atoms with E-state index in [9.17, 15) is 5.11 Å². The van der Waals surface area contributed by atoms with Crippen molar-refractivity contribution in [3.8, 4) is 11.5 Å². The number of phenols is 1. The molecule has 0 saturated heterocycles. The standard InChI is InChI=1S/C20H17NO2/c1-23-17-12-13-18(19(22)14-17)20(15-8-4-2-5-9-15)21-16-10-6-3-7-11-16/h2-14,22H,1H3. The van der Waals surface area contributed by atoms with Crippen LogP contribution in [0.1, 0.15) is 11.1 Å². The highest BCUT2D eigenvalue weighted by molar-refractivity contribution is 6.15. The Hall–Kier alpha value is -3.07. The molecule has 3 aromatic rings. The molecule has 0 aliphatic heterocycles. The summed E-state index contributed by atoms with van der Waals surface area (Å²) in [6.07, 6.45) is 0. The van der Waals surface area contributed by atoms with E-state index in [0.29, 0.717) is 11.3 Å². The van der Waals surface area contributed by atoms with Gasteiger partial charge in [0, 0.05) is 17.2 Å². The molecule has 0 atom stereocenters. The average molecular weight is 303 g/mol. The average Bonchev–Trinajstić information content (AvgIpc) is 2.61. The number of rotatable bonds is 4. The van der Waals surface area contributed by atoms with Crippen LogP contribution in [0.2, 0.25) is 0 Å². The van der Waals surface area contributed by atoms with Crippen LogP contribution in [0, 0.1) is 0 Å². The quantitative estimate of drug-likeness (QED) is 0.717. The number of aromatic hydroxyl groups is 1. The van der Waals surface area contributed by atoms with Crippen LogP contribution < -0.4 is 4.74 Å². The van der Waals surface area contributed by atoms with Crippen LogP contribution in [-0.4, -0.2) is 17.9 Å². The first-order valence-electron chi connectivity index (χ1n) is 7.34. The lowest BCUT2D eigenvalue weighted by atomic mass is 10.0. The molecule has 0 unspecified atom stereocenters. The van der Waals surface area contributed by atoms with Crippen LogP contribution in [-0.2, 0) is 0 Å². The molecule has 1 N–H and O–H groups in total. The SMILES string of the molecule is COc1ccc(C(=Nc2ccccc2)c2ccccc2)c(O)c1. The summed E-state index contributed by atoms with van der Waals surface area (Å²) in [7, 11) is 1.57. The minimum Gasteiger partial charge on any atom is -0.507 e. The molecule has 0 saturated carbocycles. The van der Waals surface area contributed by atoms with Crippen molar-refractivity contribution in [3.63, 3.8) is 0 Å². The molecule has 0 amide bonds. The number of hydrogen-bond acceptors (Lipinski definition) is 3.